The highest BCUT2D eigenvalue weighted by Crippen LogP contribution is 2.31. The van der Waals surface area contributed by atoms with Crippen LogP contribution in [0.2, 0.25) is 0 Å². The van der Waals surface area contributed by atoms with Gasteiger partial charge in [0.2, 0.25) is 0 Å². The fraction of sp³-hybridized carbons (Fsp3) is 0. The summed E-state index contributed by atoms with van der Waals surface area (Å²) in [5, 5.41) is 18.6. The summed E-state index contributed by atoms with van der Waals surface area (Å²) in [6, 6.07) is 4.44. The third-order valence-electron chi connectivity index (χ3n) is 2.13. The van der Waals surface area contributed by atoms with Gasteiger partial charge in [-0.1, -0.05) is 0 Å². The van der Waals surface area contributed by atoms with Gasteiger partial charge in [-0.2, -0.15) is 5.26 Å². The molecule has 0 unspecified atom stereocenters. The second kappa shape index (κ2) is 5.04. The predicted molar refractivity (Wildman–Crippen MR) is 62.4 cm³/mol. The standard InChI is InChI=1S/C12H5F2NO3S/c13-8-1-6(4-15)2-9(14)11(8)18-7-3-10(12(16)17)19-5-7/h1-3,5H,(H,16,17). The summed E-state index contributed by atoms with van der Waals surface area (Å²) in [5.74, 6) is -3.86. The smallest absolute Gasteiger partial charge is 0.346 e. The molecule has 1 aromatic heterocycles. The summed E-state index contributed by atoms with van der Waals surface area (Å²) in [5.41, 5.74) is -0.168. The summed E-state index contributed by atoms with van der Waals surface area (Å²) in [6.45, 7) is 0. The zero-order valence-electron chi connectivity index (χ0n) is 9.18. The maximum atomic E-state index is 13.5. The van der Waals surface area contributed by atoms with Crippen LogP contribution in [0.25, 0.3) is 0 Å². The highest BCUT2D eigenvalue weighted by molar-refractivity contribution is 7.12. The number of hydrogen-bond donors (Lipinski definition) is 1. The van der Waals surface area contributed by atoms with Crippen molar-refractivity contribution < 1.29 is 23.4 Å². The van der Waals surface area contributed by atoms with Crippen molar-refractivity contribution >= 4 is 17.3 Å². The van der Waals surface area contributed by atoms with Gasteiger partial charge in [0.1, 0.15) is 10.6 Å². The van der Waals surface area contributed by atoms with Gasteiger partial charge >= 0.3 is 5.97 Å². The number of thiophene rings is 1. The summed E-state index contributed by atoms with van der Waals surface area (Å²) < 4.78 is 32.0. The van der Waals surface area contributed by atoms with E-state index in [2.05, 4.69) is 0 Å². The molecule has 0 aliphatic rings. The van der Waals surface area contributed by atoms with Crippen LogP contribution in [0.4, 0.5) is 8.78 Å². The molecule has 0 fully saturated rings. The lowest BCUT2D eigenvalue weighted by atomic mass is 10.2. The average molecular weight is 281 g/mol. The van der Waals surface area contributed by atoms with Gasteiger partial charge in [0.05, 0.1) is 11.6 Å². The average Bonchev–Trinajstić information content (AvgIpc) is 2.82. The fourth-order valence-electron chi connectivity index (χ4n) is 1.32. The van der Waals surface area contributed by atoms with E-state index in [4.69, 9.17) is 15.1 Å². The maximum Gasteiger partial charge on any atom is 0.346 e. The van der Waals surface area contributed by atoms with Crippen LogP contribution in [0.5, 0.6) is 11.5 Å². The largest absolute Gasteiger partial charge is 0.477 e. The predicted octanol–water partition coefficient (Wildman–Crippen LogP) is 3.39. The minimum atomic E-state index is -1.15. The lowest BCUT2D eigenvalue weighted by Gasteiger charge is -2.06. The van der Waals surface area contributed by atoms with Crippen LogP contribution < -0.4 is 4.74 Å². The number of benzene rings is 1. The van der Waals surface area contributed by atoms with Crippen molar-refractivity contribution in [2.24, 2.45) is 0 Å². The Morgan fingerprint density at radius 1 is 1.32 bits per heavy atom. The molecule has 2 aromatic rings. The van der Waals surface area contributed by atoms with E-state index < -0.39 is 23.4 Å². The van der Waals surface area contributed by atoms with E-state index in [1.807, 2.05) is 0 Å². The van der Waals surface area contributed by atoms with E-state index in [1.165, 1.54) is 5.38 Å². The van der Waals surface area contributed by atoms with Crippen molar-refractivity contribution in [3.63, 3.8) is 0 Å². The Bertz CT molecular complexity index is 668. The summed E-state index contributed by atoms with van der Waals surface area (Å²) in [7, 11) is 0. The van der Waals surface area contributed by atoms with Crippen molar-refractivity contribution in [1.29, 1.82) is 5.26 Å². The van der Waals surface area contributed by atoms with Gasteiger partial charge < -0.3 is 9.84 Å². The number of nitrogens with zero attached hydrogens (tertiary/aromatic N) is 1. The molecule has 19 heavy (non-hydrogen) atoms. The number of carboxylic acids is 1. The van der Waals surface area contributed by atoms with Gasteiger partial charge in [-0.3, -0.25) is 0 Å². The molecule has 1 heterocycles. The molecule has 1 aromatic carbocycles. The van der Waals surface area contributed by atoms with Crippen molar-refractivity contribution in [3.05, 3.63) is 45.7 Å². The van der Waals surface area contributed by atoms with E-state index in [9.17, 15) is 13.6 Å². The van der Waals surface area contributed by atoms with Crippen molar-refractivity contribution in [3.8, 4) is 17.6 Å². The molecule has 7 heteroatoms. The topological polar surface area (TPSA) is 70.3 Å². The first kappa shape index (κ1) is 13.0. The molecule has 0 spiro atoms. The minimum absolute atomic E-state index is 0.00976. The molecule has 0 saturated heterocycles. The van der Waals surface area contributed by atoms with Crippen LogP contribution in [0, 0.1) is 23.0 Å². The van der Waals surface area contributed by atoms with Crippen molar-refractivity contribution in [2.75, 3.05) is 0 Å². The van der Waals surface area contributed by atoms with Gasteiger partial charge in [-0.25, -0.2) is 13.6 Å². The number of nitriles is 1. The van der Waals surface area contributed by atoms with Crippen LogP contribution in [0.3, 0.4) is 0 Å². The van der Waals surface area contributed by atoms with Crippen molar-refractivity contribution in [1.82, 2.24) is 0 Å². The second-order valence-electron chi connectivity index (χ2n) is 3.43. The molecule has 0 amide bonds. The number of halogens is 2. The first-order valence-electron chi connectivity index (χ1n) is 4.90. The van der Waals surface area contributed by atoms with Crippen LogP contribution in [-0.4, -0.2) is 11.1 Å². The summed E-state index contributed by atoms with van der Waals surface area (Å²) >= 11 is 0.874. The Hall–Kier alpha value is -2.46. The van der Waals surface area contributed by atoms with E-state index in [1.54, 1.807) is 6.07 Å². The molecular formula is C12H5F2NO3S. The summed E-state index contributed by atoms with van der Waals surface area (Å²) in [4.78, 5) is 10.6. The molecule has 4 nitrogen and oxygen atoms in total. The number of hydrogen-bond acceptors (Lipinski definition) is 4. The third kappa shape index (κ3) is 2.69. The minimum Gasteiger partial charge on any atom is -0.477 e. The van der Waals surface area contributed by atoms with Crippen LogP contribution in [0.15, 0.2) is 23.6 Å². The molecule has 0 aliphatic carbocycles. The number of ether oxygens (including phenoxy) is 1. The lowest BCUT2D eigenvalue weighted by molar-refractivity contribution is 0.0702. The zero-order valence-corrected chi connectivity index (χ0v) is 10.0. The Morgan fingerprint density at radius 3 is 2.42 bits per heavy atom. The van der Waals surface area contributed by atoms with Gasteiger partial charge in [-0.05, 0) is 12.1 Å². The molecular weight excluding hydrogens is 276 g/mol. The van der Waals surface area contributed by atoms with E-state index in [0.717, 1.165) is 29.5 Å². The maximum absolute atomic E-state index is 13.5. The zero-order chi connectivity index (χ0) is 14.0. The van der Waals surface area contributed by atoms with Gasteiger partial charge in [0.25, 0.3) is 0 Å². The molecule has 0 bridgehead atoms. The monoisotopic (exact) mass is 281 g/mol. The van der Waals surface area contributed by atoms with Crippen LogP contribution >= 0.6 is 11.3 Å². The molecule has 0 atom stereocenters. The number of carboxylic acid groups (broad SMARTS) is 1. The highest BCUT2D eigenvalue weighted by Gasteiger charge is 2.15. The highest BCUT2D eigenvalue weighted by atomic mass is 32.1. The quantitative estimate of drug-likeness (QED) is 0.936. The first-order valence-corrected chi connectivity index (χ1v) is 5.78. The summed E-state index contributed by atoms with van der Waals surface area (Å²) in [6.07, 6.45) is 0. The first-order chi connectivity index (χ1) is 9.01. The van der Waals surface area contributed by atoms with E-state index >= 15 is 0 Å². The van der Waals surface area contributed by atoms with Crippen LogP contribution in [0.1, 0.15) is 15.2 Å². The van der Waals surface area contributed by atoms with Gasteiger partial charge in [-0.15, -0.1) is 11.3 Å². The number of aromatic carboxylic acids is 1. The Morgan fingerprint density at radius 2 is 1.95 bits per heavy atom. The number of rotatable bonds is 3. The third-order valence-corrected chi connectivity index (χ3v) is 3.03. The molecule has 0 saturated carbocycles. The van der Waals surface area contributed by atoms with Gasteiger partial charge in [0, 0.05) is 11.4 Å². The van der Waals surface area contributed by atoms with E-state index in [0.29, 0.717) is 0 Å². The SMILES string of the molecule is N#Cc1cc(F)c(Oc2csc(C(=O)O)c2)c(F)c1. The van der Waals surface area contributed by atoms with Crippen molar-refractivity contribution in [2.45, 2.75) is 0 Å². The molecule has 1 N–H and O–H groups in total. The van der Waals surface area contributed by atoms with Gasteiger partial charge in [0.15, 0.2) is 17.4 Å². The molecule has 0 radical (unpaired) electrons. The second-order valence-corrected chi connectivity index (χ2v) is 4.35. The molecule has 0 aliphatic heterocycles. The number of carbonyl (C=O) groups is 1. The molecule has 96 valence electrons. The lowest BCUT2D eigenvalue weighted by Crippen LogP contribution is -1.94. The normalized spacial score (nSPS) is 9.95. The van der Waals surface area contributed by atoms with E-state index in [-0.39, 0.29) is 16.2 Å². The Balaban J connectivity index is 2.33. The molecule has 2 rings (SSSR count). The Kier molecular flexibility index (Phi) is 3.44. The fourth-order valence-corrected chi connectivity index (χ4v) is 1.97. The Labute approximate surface area is 110 Å². The van der Waals surface area contributed by atoms with Crippen LogP contribution in [-0.2, 0) is 0 Å².